The first kappa shape index (κ1) is 26.5. The maximum Gasteiger partial charge on any atom is 0.419 e. The predicted molar refractivity (Wildman–Crippen MR) is 139 cm³/mol. The summed E-state index contributed by atoms with van der Waals surface area (Å²) in [5.74, 6) is -0.280. The van der Waals surface area contributed by atoms with Gasteiger partial charge in [0, 0.05) is 48.7 Å². The van der Waals surface area contributed by atoms with E-state index in [9.17, 15) is 19.2 Å². The van der Waals surface area contributed by atoms with Crippen LogP contribution in [0.1, 0.15) is 72.4 Å². The third-order valence-electron chi connectivity index (χ3n) is 6.32. The van der Waals surface area contributed by atoms with Crippen LogP contribution in [0.4, 0.5) is 20.1 Å². The number of likely N-dealkylation sites (tertiary alicyclic amines) is 1. The molecule has 0 spiro atoms. The smallest absolute Gasteiger partial charge is 0.419 e. The molecule has 0 atom stereocenters. The van der Waals surface area contributed by atoms with Gasteiger partial charge in [0.05, 0.1) is 5.52 Å². The second-order valence-corrected chi connectivity index (χ2v) is 11.6. The molecule has 3 heterocycles. The van der Waals surface area contributed by atoms with Gasteiger partial charge in [0.25, 0.3) is 0 Å². The van der Waals surface area contributed by atoms with Gasteiger partial charge in [-0.2, -0.15) is 0 Å². The van der Waals surface area contributed by atoms with Crippen LogP contribution >= 0.6 is 0 Å². The monoisotopic (exact) mass is 512 g/mol. The molecule has 0 radical (unpaired) electrons. The van der Waals surface area contributed by atoms with Gasteiger partial charge in [0.2, 0.25) is 5.91 Å². The summed E-state index contributed by atoms with van der Waals surface area (Å²) in [6, 6.07) is 6.96. The Morgan fingerprint density at radius 1 is 0.892 bits per heavy atom. The number of benzene rings is 1. The zero-order chi connectivity index (χ0) is 27.1. The van der Waals surface area contributed by atoms with Gasteiger partial charge in [0.15, 0.2) is 0 Å². The van der Waals surface area contributed by atoms with Crippen molar-refractivity contribution >= 4 is 40.7 Å². The van der Waals surface area contributed by atoms with E-state index in [1.165, 1.54) is 4.90 Å². The molecule has 200 valence electrons. The quantitative estimate of drug-likeness (QED) is 0.607. The summed E-state index contributed by atoms with van der Waals surface area (Å²) in [6.45, 7) is 12.3. The van der Waals surface area contributed by atoms with Crippen molar-refractivity contribution in [1.82, 2.24) is 14.8 Å². The third kappa shape index (κ3) is 6.06. The molecule has 0 saturated carbocycles. The Hall–Kier alpha value is -3.56. The highest BCUT2D eigenvalue weighted by molar-refractivity contribution is 6.06. The minimum atomic E-state index is -0.699. The van der Waals surface area contributed by atoms with Crippen molar-refractivity contribution in [1.29, 1.82) is 0 Å². The first-order valence-corrected chi connectivity index (χ1v) is 12.7. The lowest BCUT2D eigenvalue weighted by molar-refractivity contribution is -0.120. The summed E-state index contributed by atoms with van der Waals surface area (Å²) in [6.07, 6.45) is 0.714. The number of rotatable bonds is 2. The molecular weight excluding hydrogens is 476 g/mol. The lowest BCUT2D eigenvalue weighted by Crippen LogP contribution is -2.49. The molecule has 2 aliphatic rings. The van der Waals surface area contributed by atoms with E-state index < -0.39 is 23.3 Å². The summed E-state index contributed by atoms with van der Waals surface area (Å²) in [7, 11) is 0. The summed E-state index contributed by atoms with van der Waals surface area (Å²) >= 11 is 0. The summed E-state index contributed by atoms with van der Waals surface area (Å²) < 4.78 is 12.9. The second kappa shape index (κ2) is 9.72. The molecule has 2 aromatic rings. The fourth-order valence-electron chi connectivity index (χ4n) is 4.69. The Bertz CT molecular complexity index is 1230. The maximum atomic E-state index is 13.4. The van der Waals surface area contributed by atoms with E-state index >= 15 is 0 Å². The minimum absolute atomic E-state index is 0.0259. The normalized spacial score (nSPS) is 17.7. The maximum absolute atomic E-state index is 13.4. The molecule has 4 rings (SSSR count). The highest BCUT2D eigenvalue weighted by Gasteiger charge is 2.32. The van der Waals surface area contributed by atoms with Gasteiger partial charge in [-0.3, -0.25) is 15.0 Å². The molecule has 1 aromatic heterocycles. The van der Waals surface area contributed by atoms with Crippen LogP contribution in [0, 0.1) is 0 Å². The summed E-state index contributed by atoms with van der Waals surface area (Å²) in [4.78, 5) is 53.2. The SMILES string of the molecule is CC(C)(C)OC(=O)N1CCC(c2cc3ccc(N4CCC(=O)NC4=O)cc3n2C(=O)OC(C)(C)C)CC1. The molecule has 0 bridgehead atoms. The van der Waals surface area contributed by atoms with Gasteiger partial charge in [-0.15, -0.1) is 0 Å². The van der Waals surface area contributed by atoms with Crippen LogP contribution in [0.5, 0.6) is 0 Å². The van der Waals surface area contributed by atoms with E-state index in [2.05, 4.69) is 5.32 Å². The lowest BCUT2D eigenvalue weighted by atomic mass is 9.93. The molecule has 10 heteroatoms. The molecule has 0 unspecified atom stereocenters. The number of hydrogen-bond donors (Lipinski definition) is 1. The number of urea groups is 1. The zero-order valence-electron chi connectivity index (χ0n) is 22.4. The van der Waals surface area contributed by atoms with Crippen LogP contribution in [0.3, 0.4) is 0 Å². The largest absolute Gasteiger partial charge is 0.444 e. The van der Waals surface area contributed by atoms with Gasteiger partial charge in [-0.05, 0) is 72.6 Å². The number of aromatic nitrogens is 1. The van der Waals surface area contributed by atoms with Crippen molar-refractivity contribution in [2.75, 3.05) is 24.5 Å². The van der Waals surface area contributed by atoms with Gasteiger partial charge in [-0.1, -0.05) is 6.07 Å². The second-order valence-electron chi connectivity index (χ2n) is 11.6. The van der Waals surface area contributed by atoms with E-state index in [4.69, 9.17) is 9.47 Å². The first-order valence-electron chi connectivity index (χ1n) is 12.7. The van der Waals surface area contributed by atoms with Crippen LogP contribution < -0.4 is 10.2 Å². The van der Waals surface area contributed by atoms with Crippen LogP contribution in [-0.4, -0.2) is 64.4 Å². The van der Waals surface area contributed by atoms with Gasteiger partial charge >= 0.3 is 18.2 Å². The highest BCUT2D eigenvalue weighted by atomic mass is 16.6. The molecule has 2 fully saturated rings. The number of carbonyl (C=O) groups is 4. The number of amides is 4. The number of ether oxygens (including phenoxy) is 2. The predicted octanol–water partition coefficient (Wildman–Crippen LogP) is 4.99. The molecular formula is C27H36N4O6. The molecule has 1 aromatic carbocycles. The number of hydrogen-bond acceptors (Lipinski definition) is 6. The van der Waals surface area contributed by atoms with Crippen molar-refractivity contribution in [2.45, 2.75) is 77.9 Å². The van der Waals surface area contributed by atoms with E-state index in [0.29, 0.717) is 37.1 Å². The van der Waals surface area contributed by atoms with E-state index in [-0.39, 0.29) is 30.9 Å². The number of fused-ring (bicyclic) bond motifs is 1. The average Bonchev–Trinajstić information content (AvgIpc) is 3.16. The van der Waals surface area contributed by atoms with E-state index in [0.717, 1.165) is 11.1 Å². The van der Waals surface area contributed by atoms with Crippen molar-refractivity contribution < 1.29 is 28.7 Å². The summed E-state index contributed by atoms with van der Waals surface area (Å²) in [5, 5.41) is 3.18. The van der Waals surface area contributed by atoms with Gasteiger partial charge in [-0.25, -0.2) is 19.0 Å². The molecule has 2 aliphatic heterocycles. The molecule has 2 saturated heterocycles. The van der Waals surface area contributed by atoms with Crippen LogP contribution in [0.25, 0.3) is 10.9 Å². The Kier molecular flexibility index (Phi) is 6.96. The van der Waals surface area contributed by atoms with Crippen molar-refractivity contribution in [3.8, 4) is 0 Å². The fraction of sp³-hybridized carbons (Fsp3) is 0.556. The van der Waals surface area contributed by atoms with Crippen molar-refractivity contribution in [3.05, 3.63) is 30.0 Å². The topological polar surface area (TPSA) is 110 Å². The molecule has 1 N–H and O–H groups in total. The Labute approximate surface area is 216 Å². The highest BCUT2D eigenvalue weighted by Crippen LogP contribution is 2.35. The number of carbonyl (C=O) groups excluding carboxylic acids is 4. The Balaban J connectivity index is 1.66. The molecule has 4 amide bonds. The van der Waals surface area contributed by atoms with Gasteiger partial charge in [0.1, 0.15) is 11.2 Å². The fourth-order valence-corrected chi connectivity index (χ4v) is 4.69. The standard InChI is InChI=1S/C27H36N4O6/c1-26(2,3)36-24(34)29-12-9-17(10-13-29)20-15-18-7-8-19(30-14-11-22(32)28-23(30)33)16-21(18)31(20)25(35)37-27(4,5)6/h7-8,15-17H,9-14H2,1-6H3,(H,28,32,33). The van der Waals surface area contributed by atoms with E-state index in [1.54, 1.807) is 15.5 Å². The first-order chi connectivity index (χ1) is 17.2. The van der Waals surface area contributed by atoms with Crippen molar-refractivity contribution in [2.24, 2.45) is 0 Å². The number of piperidine rings is 1. The zero-order valence-corrected chi connectivity index (χ0v) is 22.4. The number of anilines is 1. The average molecular weight is 513 g/mol. The van der Waals surface area contributed by atoms with Crippen LogP contribution in [-0.2, 0) is 14.3 Å². The minimum Gasteiger partial charge on any atom is -0.444 e. The molecule has 0 aliphatic carbocycles. The van der Waals surface area contributed by atoms with Crippen LogP contribution in [0.2, 0.25) is 0 Å². The third-order valence-corrected chi connectivity index (χ3v) is 6.32. The Morgan fingerprint density at radius 3 is 2.11 bits per heavy atom. The number of nitrogens with one attached hydrogen (secondary N) is 1. The number of nitrogens with zero attached hydrogens (tertiary/aromatic N) is 3. The lowest BCUT2D eigenvalue weighted by Gasteiger charge is -2.34. The van der Waals surface area contributed by atoms with E-state index in [1.807, 2.05) is 59.7 Å². The molecule has 10 nitrogen and oxygen atoms in total. The molecule has 37 heavy (non-hydrogen) atoms. The van der Waals surface area contributed by atoms with Crippen LogP contribution in [0.15, 0.2) is 24.3 Å². The van der Waals surface area contributed by atoms with Crippen molar-refractivity contribution in [3.63, 3.8) is 0 Å². The number of imide groups is 1. The summed E-state index contributed by atoms with van der Waals surface area (Å²) in [5.41, 5.74) is 0.763. The van der Waals surface area contributed by atoms with Gasteiger partial charge < -0.3 is 14.4 Å². The Morgan fingerprint density at radius 2 is 1.51 bits per heavy atom.